The van der Waals surface area contributed by atoms with Gasteiger partial charge in [0.1, 0.15) is 6.04 Å². The van der Waals surface area contributed by atoms with E-state index in [1.54, 1.807) is 60.7 Å². The molecule has 1 unspecified atom stereocenters. The molecule has 0 aromatic heterocycles. The molecule has 0 spiro atoms. The van der Waals surface area contributed by atoms with Gasteiger partial charge in [0.25, 0.3) is 0 Å². The molecule has 3 rings (SSSR count). The Kier molecular flexibility index (Phi) is 6.99. The van der Waals surface area contributed by atoms with Gasteiger partial charge in [-0.1, -0.05) is 71.8 Å². The molecule has 2 aromatic rings. The van der Waals surface area contributed by atoms with Crippen LogP contribution in [0.2, 0.25) is 0 Å². The van der Waals surface area contributed by atoms with Crippen LogP contribution in [0, 0.1) is 0 Å². The van der Waals surface area contributed by atoms with Crippen molar-refractivity contribution in [3.63, 3.8) is 0 Å². The van der Waals surface area contributed by atoms with Crippen molar-refractivity contribution >= 4 is 17.5 Å². The normalized spacial score (nSPS) is 16.8. The van der Waals surface area contributed by atoms with E-state index in [1.165, 1.54) is 27.0 Å². The second-order valence-electron chi connectivity index (χ2n) is 7.42. The van der Waals surface area contributed by atoms with Gasteiger partial charge in [-0.15, -0.1) is 0 Å². The fourth-order valence-corrected chi connectivity index (χ4v) is 3.22. The Morgan fingerprint density at radius 3 is 2.00 bits per heavy atom. The number of benzene rings is 2. The summed E-state index contributed by atoms with van der Waals surface area (Å²) in [5.74, 6) is -1.89. The van der Waals surface area contributed by atoms with Crippen LogP contribution in [0.15, 0.2) is 84.1 Å². The van der Waals surface area contributed by atoms with Gasteiger partial charge in [-0.3, -0.25) is 9.59 Å². The largest absolute Gasteiger partial charge is 0.466 e. The molecule has 1 heterocycles. The van der Waals surface area contributed by atoms with Gasteiger partial charge >= 0.3 is 5.97 Å². The number of allylic oxidation sites excluding steroid dienone is 1. The van der Waals surface area contributed by atoms with Crippen molar-refractivity contribution in [3.8, 4) is 0 Å². The summed E-state index contributed by atoms with van der Waals surface area (Å²) in [6, 6.07) is 15.7. The number of esters is 1. The first-order valence-electron chi connectivity index (χ1n) is 9.80. The lowest BCUT2D eigenvalue weighted by molar-refractivity contribution is -0.400. The number of hydrogen-bond donors (Lipinski definition) is 1. The highest BCUT2D eigenvalue weighted by atomic mass is 17.1. The smallest absolute Gasteiger partial charge is 0.330 e. The highest BCUT2D eigenvalue weighted by Gasteiger charge is 2.48. The van der Waals surface area contributed by atoms with E-state index in [-0.39, 0.29) is 11.3 Å². The first-order valence-corrected chi connectivity index (χ1v) is 9.80. The second-order valence-corrected chi connectivity index (χ2v) is 7.42. The van der Waals surface area contributed by atoms with Gasteiger partial charge < -0.3 is 9.57 Å². The second kappa shape index (κ2) is 9.69. The molecule has 1 atom stereocenters. The van der Waals surface area contributed by atoms with Crippen LogP contribution in [0.1, 0.15) is 34.6 Å². The van der Waals surface area contributed by atoms with Crippen molar-refractivity contribution in [1.82, 2.24) is 5.06 Å². The van der Waals surface area contributed by atoms with Crippen molar-refractivity contribution in [3.05, 3.63) is 95.3 Å². The molecule has 0 amide bonds. The van der Waals surface area contributed by atoms with Crippen molar-refractivity contribution in [2.45, 2.75) is 25.6 Å². The van der Waals surface area contributed by atoms with Gasteiger partial charge in [-0.25, -0.2) is 14.9 Å². The number of nitrogens with zero attached hydrogens (tertiary/aromatic N) is 1. The van der Waals surface area contributed by atoms with Gasteiger partial charge in [0.05, 0.1) is 12.7 Å². The van der Waals surface area contributed by atoms with Gasteiger partial charge in [-0.2, -0.15) is 0 Å². The summed E-state index contributed by atoms with van der Waals surface area (Å²) in [7, 11) is 1.21. The zero-order valence-electron chi connectivity index (χ0n) is 17.8. The molecular formula is C24H23NO7. The molecule has 1 N–H and O–H groups in total. The van der Waals surface area contributed by atoms with Crippen molar-refractivity contribution in [2.75, 3.05) is 7.11 Å². The van der Waals surface area contributed by atoms with E-state index in [0.29, 0.717) is 11.1 Å². The van der Waals surface area contributed by atoms with Crippen LogP contribution in [0.25, 0.3) is 0 Å². The summed E-state index contributed by atoms with van der Waals surface area (Å²) < 4.78 is 4.65. The first kappa shape index (κ1) is 23.1. The third-order valence-electron chi connectivity index (χ3n) is 4.88. The topological polar surface area (TPSA) is 102 Å². The van der Waals surface area contributed by atoms with E-state index >= 15 is 0 Å². The van der Waals surface area contributed by atoms with E-state index in [2.05, 4.69) is 9.62 Å². The summed E-state index contributed by atoms with van der Waals surface area (Å²) in [6.45, 7) is 2.96. The number of methoxy groups -OCH3 is 1. The molecule has 0 fully saturated rings. The van der Waals surface area contributed by atoms with Crippen LogP contribution in [0.4, 0.5) is 0 Å². The maximum Gasteiger partial charge on any atom is 0.330 e. The monoisotopic (exact) mass is 437 g/mol. The molecular weight excluding hydrogens is 414 g/mol. The molecule has 166 valence electrons. The minimum absolute atomic E-state index is 0.00432. The van der Waals surface area contributed by atoms with Crippen LogP contribution in [-0.4, -0.2) is 46.7 Å². The molecule has 8 nitrogen and oxygen atoms in total. The lowest BCUT2D eigenvalue weighted by Crippen LogP contribution is -2.48. The van der Waals surface area contributed by atoms with Gasteiger partial charge in [0.2, 0.25) is 11.5 Å². The Bertz CT molecular complexity index is 1060. The van der Waals surface area contributed by atoms with E-state index < -0.39 is 29.3 Å². The summed E-state index contributed by atoms with van der Waals surface area (Å²) in [4.78, 5) is 49.0. The Balaban J connectivity index is 2.19. The number of rotatable bonds is 8. The summed E-state index contributed by atoms with van der Waals surface area (Å²) in [5.41, 5.74) is -0.853. The highest BCUT2D eigenvalue weighted by molar-refractivity contribution is 6.18. The van der Waals surface area contributed by atoms with Crippen LogP contribution in [0.5, 0.6) is 0 Å². The number of hydroxylamine groups is 2. The minimum Gasteiger partial charge on any atom is -0.466 e. The molecule has 0 aliphatic carbocycles. The summed E-state index contributed by atoms with van der Waals surface area (Å²) >= 11 is 0. The van der Waals surface area contributed by atoms with E-state index in [4.69, 9.17) is 4.84 Å². The Morgan fingerprint density at radius 2 is 1.50 bits per heavy atom. The predicted octanol–water partition coefficient (Wildman–Crippen LogP) is 3.58. The summed E-state index contributed by atoms with van der Waals surface area (Å²) in [6.07, 6.45) is 2.47. The molecule has 0 saturated carbocycles. The Labute approximate surface area is 185 Å². The summed E-state index contributed by atoms with van der Waals surface area (Å²) in [5, 5.41) is 10.6. The maximum atomic E-state index is 13.5. The number of carbonyl (C=O) groups is 3. The quantitative estimate of drug-likeness (QED) is 0.220. The number of Topliss-reactive ketones (excluding diaryl/α,β-unsaturated/α-hetero) is 2. The average molecular weight is 437 g/mol. The molecule has 0 saturated heterocycles. The highest BCUT2D eigenvalue weighted by Crippen LogP contribution is 2.37. The molecule has 32 heavy (non-hydrogen) atoms. The number of ether oxygens (including phenoxy) is 1. The fourth-order valence-electron chi connectivity index (χ4n) is 3.22. The van der Waals surface area contributed by atoms with Gasteiger partial charge in [-0.05, 0) is 13.8 Å². The molecule has 8 heteroatoms. The third-order valence-corrected chi connectivity index (χ3v) is 4.88. The zero-order chi connectivity index (χ0) is 23.3. The zero-order valence-corrected chi connectivity index (χ0v) is 17.8. The van der Waals surface area contributed by atoms with Crippen LogP contribution in [0.3, 0.4) is 0 Å². The number of ketones is 2. The fraction of sp³-hybridized carbons (Fsp3) is 0.208. The van der Waals surface area contributed by atoms with Crippen LogP contribution >= 0.6 is 0 Å². The SMILES string of the molecule is COC(=O)/C=C\C1C(C(=O)c2ccccc2)=C(C(=O)c2ccccc2)ON1C(C)(C)OO. The van der Waals surface area contributed by atoms with E-state index in [0.717, 1.165) is 11.1 Å². The molecule has 1 aliphatic rings. The predicted molar refractivity (Wildman–Crippen MR) is 114 cm³/mol. The van der Waals surface area contributed by atoms with E-state index in [9.17, 15) is 19.6 Å². The van der Waals surface area contributed by atoms with Gasteiger partial charge in [0, 0.05) is 17.2 Å². The molecule has 0 radical (unpaired) electrons. The maximum absolute atomic E-state index is 13.5. The number of carbonyl (C=O) groups excluding carboxylic acids is 3. The van der Waals surface area contributed by atoms with Crippen molar-refractivity contribution < 1.29 is 34.1 Å². The minimum atomic E-state index is -1.48. The molecule has 2 aromatic carbocycles. The third kappa shape index (κ3) is 4.67. The van der Waals surface area contributed by atoms with Crippen molar-refractivity contribution in [2.24, 2.45) is 0 Å². The van der Waals surface area contributed by atoms with Crippen LogP contribution < -0.4 is 0 Å². The van der Waals surface area contributed by atoms with E-state index in [1.807, 2.05) is 0 Å². The molecule has 1 aliphatic heterocycles. The van der Waals surface area contributed by atoms with Crippen LogP contribution in [-0.2, 0) is 19.3 Å². The van der Waals surface area contributed by atoms with Gasteiger partial charge in [0.15, 0.2) is 11.5 Å². The lowest BCUT2D eigenvalue weighted by Gasteiger charge is -2.34. The average Bonchev–Trinajstić information content (AvgIpc) is 3.22. The Morgan fingerprint density at radius 1 is 0.969 bits per heavy atom. The number of hydrogen-bond acceptors (Lipinski definition) is 8. The lowest BCUT2D eigenvalue weighted by atomic mass is 9.93. The Hall–Kier alpha value is -3.59. The standard InChI is InChI=1S/C24H23NO7/c1-24(2,32-29)25-18(14-15-19(26)30-3)20(21(27)16-10-6-4-7-11-16)23(31-25)22(28)17-12-8-5-9-13-17/h4-15,18,29H,1-3H3/b15-14-. The molecule has 0 bridgehead atoms. The first-order chi connectivity index (χ1) is 15.3. The van der Waals surface area contributed by atoms with Crippen molar-refractivity contribution in [1.29, 1.82) is 0 Å².